The summed E-state index contributed by atoms with van der Waals surface area (Å²) in [6.45, 7) is 2.72. The molecule has 0 aliphatic carbocycles. The van der Waals surface area contributed by atoms with Gasteiger partial charge in [0.2, 0.25) is 0 Å². The smallest absolute Gasteiger partial charge is 0.255 e. The van der Waals surface area contributed by atoms with E-state index >= 15 is 0 Å². The van der Waals surface area contributed by atoms with Gasteiger partial charge in [-0.3, -0.25) is 4.79 Å². The molecule has 2 aromatic carbocycles. The molecule has 0 unspecified atom stereocenters. The van der Waals surface area contributed by atoms with Crippen molar-refractivity contribution in [2.75, 3.05) is 19.0 Å². The van der Waals surface area contributed by atoms with Crippen LogP contribution in [0, 0.1) is 0 Å². The summed E-state index contributed by atoms with van der Waals surface area (Å²) in [5.74, 6) is 1.07. The van der Waals surface area contributed by atoms with E-state index in [2.05, 4.69) is 12.2 Å². The van der Waals surface area contributed by atoms with E-state index < -0.39 is 0 Å². The van der Waals surface area contributed by atoms with E-state index in [9.17, 15) is 9.90 Å². The molecule has 2 aromatic rings. The van der Waals surface area contributed by atoms with Gasteiger partial charge in [0.1, 0.15) is 5.75 Å². The quantitative estimate of drug-likeness (QED) is 0.562. The second kappa shape index (κ2) is 8.82. The minimum absolute atomic E-state index is 0.153. The average Bonchev–Trinajstić information content (AvgIpc) is 2.60. The third-order valence-electron chi connectivity index (χ3n) is 3.56. The monoisotopic (exact) mass is 329 g/mol. The van der Waals surface area contributed by atoms with Crippen LogP contribution in [0.15, 0.2) is 42.5 Å². The number of phenols is 1. The van der Waals surface area contributed by atoms with Gasteiger partial charge in [0.15, 0.2) is 11.5 Å². The molecule has 2 rings (SSSR count). The van der Waals surface area contributed by atoms with E-state index in [1.54, 1.807) is 37.4 Å². The molecule has 0 heterocycles. The van der Waals surface area contributed by atoms with Crippen molar-refractivity contribution in [3.8, 4) is 17.2 Å². The SMILES string of the molecule is CCCCCOc1cc(C(=O)Nc2ccc(O)cc2)ccc1OC. The number of amides is 1. The van der Waals surface area contributed by atoms with Crippen LogP contribution in [0.5, 0.6) is 17.2 Å². The molecule has 0 aliphatic heterocycles. The first-order valence-electron chi connectivity index (χ1n) is 8.05. The highest BCUT2D eigenvalue weighted by Gasteiger charge is 2.11. The van der Waals surface area contributed by atoms with Gasteiger partial charge in [-0.25, -0.2) is 0 Å². The molecule has 5 heteroatoms. The number of nitrogens with one attached hydrogen (secondary N) is 1. The lowest BCUT2D eigenvalue weighted by molar-refractivity contribution is 0.102. The van der Waals surface area contributed by atoms with E-state index in [0.717, 1.165) is 19.3 Å². The molecule has 0 aliphatic rings. The van der Waals surface area contributed by atoms with Crippen LogP contribution in [0.4, 0.5) is 5.69 Å². The zero-order chi connectivity index (χ0) is 17.4. The lowest BCUT2D eigenvalue weighted by Crippen LogP contribution is -2.12. The first-order valence-corrected chi connectivity index (χ1v) is 8.05. The molecule has 128 valence electrons. The van der Waals surface area contributed by atoms with Crippen LogP contribution in [0.1, 0.15) is 36.5 Å². The van der Waals surface area contributed by atoms with Crippen molar-refractivity contribution in [3.63, 3.8) is 0 Å². The number of aromatic hydroxyl groups is 1. The highest BCUT2D eigenvalue weighted by molar-refractivity contribution is 6.04. The Balaban J connectivity index is 2.08. The molecule has 2 N–H and O–H groups in total. The fraction of sp³-hybridized carbons (Fsp3) is 0.316. The Morgan fingerprint density at radius 2 is 1.83 bits per heavy atom. The molecule has 0 bridgehead atoms. The fourth-order valence-electron chi connectivity index (χ4n) is 2.21. The summed E-state index contributed by atoms with van der Waals surface area (Å²) in [5, 5.41) is 12.1. The number of hydrogen-bond donors (Lipinski definition) is 2. The van der Waals surface area contributed by atoms with E-state index in [4.69, 9.17) is 9.47 Å². The van der Waals surface area contributed by atoms with Crippen molar-refractivity contribution >= 4 is 11.6 Å². The molecule has 0 saturated heterocycles. The van der Waals surface area contributed by atoms with Crippen LogP contribution in [-0.2, 0) is 0 Å². The second-order valence-electron chi connectivity index (χ2n) is 5.42. The van der Waals surface area contributed by atoms with Crippen LogP contribution < -0.4 is 14.8 Å². The number of carbonyl (C=O) groups excluding carboxylic acids is 1. The molecular weight excluding hydrogens is 306 g/mol. The summed E-state index contributed by atoms with van der Waals surface area (Å²) in [4.78, 5) is 12.4. The molecule has 0 atom stereocenters. The molecule has 0 saturated carbocycles. The minimum atomic E-state index is -0.248. The number of carbonyl (C=O) groups is 1. The maximum absolute atomic E-state index is 12.4. The normalized spacial score (nSPS) is 10.2. The third-order valence-corrected chi connectivity index (χ3v) is 3.56. The molecular formula is C19H23NO4. The molecule has 0 radical (unpaired) electrons. The number of anilines is 1. The molecule has 5 nitrogen and oxygen atoms in total. The van der Waals surface area contributed by atoms with Gasteiger partial charge in [-0.15, -0.1) is 0 Å². The highest BCUT2D eigenvalue weighted by atomic mass is 16.5. The topological polar surface area (TPSA) is 67.8 Å². The number of ether oxygens (including phenoxy) is 2. The number of phenolic OH excluding ortho intramolecular Hbond substituents is 1. The van der Waals surface area contributed by atoms with E-state index in [1.807, 2.05) is 0 Å². The zero-order valence-corrected chi connectivity index (χ0v) is 14.0. The summed E-state index contributed by atoms with van der Waals surface area (Å²) < 4.78 is 11.0. The second-order valence-corrected chi connectivity index (χ2v) is 5.42. The van der Waals surface area contributed by atoms with Crippen molar-refractivity contribution in [1.82, 2.24) is 0 Å². The Morgan fingerprint density at radius 3 is 2.50 bits per heavy atom. The van der Waals surface area contributed by atoms with Crippen molar-refractivity contribution in [2.24, 2.45) is 0 Å². The summed E-state index contributed by atoms with van der Waals surface area (Å²) in [6.07, 6.45) is 3.18. The molecule has 0 spiro atoms. The molecule has 0 fully saturated rings. The Bertz CT molecular complexity index is 668. The third kappa shape index (κ3) is 4.91. The Hall–Kier alpha value is -2.69. The van der Waals surface area contributed by atoms with Crippen LogP contribution >= 0.6 is 0 Å². The average molecular weight is 329 g/mol. The minimum Gasteiger partial charge on any atom is -0.508 e. The van der Waals surface area contributed by atoms with Gasteiger partial charge in [-0.2, -0.15) is 0 Å². The molecule has 1 amide bonds. The van der Waals surface area contributed by atoms with Gasteiger partial charge in [-0.05, 0) is 48.9 Å². The van der Waals surface area contributed by atoms with Crippen molar-refractivity contribution in [3.05, 3.63) is 48.0 Å². The van der Waals surface area contributed by atoms with Gasteiger partial charge in [0.25, 0.3) is 5.91 Å². The Labute approximate surface area is 142 Å². The summed E-state index contributed by atoms with van der Waals surface area (Å²) in [5.41, 5.74) is 1.09. The largest absolute Gasteiger partial charge is 0.508 e. The number of benzene rings is 2. The maximum atomic E-state index is 12.4. The van der Waals surface area contributed by atoms with Gasteiger partial charge in [-0.1, -0.05) is 19.8 Å². The number of unbranched alkanes of at least 4 members (excludes halogenated alkanes) is 2. The van der Waals surface area contributed by atoms with Crippen molar-refractivity contribution in [1.29, 1.82) is 0 Å². The van der Waals surface area contributed by atoms with Crippen LogP contribution in [0.3, 0.4) is 0 Å². The van der Waals surface area contributed by atoms with Crippen LogP contribution in [0.2, 0.25) is 0 Å². The number of rotatable bonds is 8. The summed E-state index contributed by atoms with van der Waals surface area (Å²) in [7, 11) is 1.57. The van der Waals surface area contributed by atoms with Crippen molar-refractivity contribution < 1.29 is 19.4 Å². The van der Waals surface area contributed by atoms with Crippen molar-refractivity contribution in [2.45, 2.75) is 26.2 Å². The number of methoxy groups -OCH3 is 1. The summed E-state index contributed by atoms with van der Waals surface area (Å²) in [6, 6.07) is 11.4. The van der Waals surface area contributed by atoms with Crippen LogP contribution in [0.25, 0.3) is 0 Å². The highest BCUT2D eigenvalue weighted by Crippen LogP contribution is 2.28. The lowest BCUT2D eigenvalue weighted by atomic mass is 10.1. The predicted octanol–water partition coefficient (Wildman–Crippen LogP) is 4.22. The number of hydrogen-bond acceptors (Lipinski definition) is 4. The van der Waals surface area contributed by atoms with E-state index in [1.165, 1.54) is 12.1 Å². The van der Waals surface area contributed by atoms with Crippen LogP contribution in [-0.4, -0.2) is 24.7 Å². The zero-order valence-electron chi connectivity index (χ0n) is 14.0. The lowest BCUT2D eigenvalue weighted by Gasteiger charge is -2.12. The fourth-order valence-corrected chi connectivity index (χ4v) is 2.21. The Kier molecular flexibility index (Phi) is 6.49. The van der Waals surface area contributed by atoms with Gasteiger partial charge in [0, 0.05) is 11.3 Å². The summed E-state index contributed by atoms with van der Waals surface area (Å²) >= 11 is 0. The van der Waals surface area contributed by atoms with Gasteiger partial charge in [0.05, 0.1) is 13.7 Å². The molecule has 0 aromatic heterocycles. The maximum Gasteiger partial charge on any atom is 0.255 e. The van der Waals surface area contributed by atoms with Gasteiger partial charge >= 0.3 is 0 Å². The molecule has 24 heavy (non-hydrogen) atoms. The van der Waals surface area contributed by atoms with Gasteiger partial charge < -0.3 is 19.9 Å². The predicted molar refractivity (Wildman–Crippen MR) is 94.1 cm³/mol. The standard InChI is InChI=1S/C19H23NO4/c1-3-4-5-12-24-18-13-14(6-11-17(18)23-2)19(22)20-15-7-9-16(21)10-8-15/h6-11,13,21H,3-5,12H2,1-2H3,(H,20,22). The first kappa shape index (κ1) is 17.7. The van der Waals surface area contributed by atoms with E-state index in [-0.39, 0.29) is 11.7 Å². The first-order chi connectivity index (χ1) is 11.6. The Morgan fingerprint density at radius 1 is 1.08 bits per heavy atom. The van der Waals surface area contributed by atoms with E-state index in [0.29, 0.717) is 29.4 Å².